The minimum absolute atomic E-state index is 0.0612. The molecule has 4 heteroatoms. The average Bonchev–Trinajstić information content (AvgIpc) is 2.79. The number of hydrogen-bond acceptors (Lipinski definition) is 3. The number of fused-ring (bicyclic) bond motifs is 4. The predicted molar refractivity (Wildman–Crippen MR) is 120 cm³/mol. The Labute approximate surface area is 177 Å². The summed E-state index contributed by atoms with van der Waals surface area (Å²) >= 11 is 0. The first-order chi connectivity index (χ1) is 14.7. The minimum atomic E-state index is -0.109. The number of nitrogens with zero attached hydrogens (tertiary/aromatic N) is 2. The maximum absolute atomic E-state index is 14.0. The van der Waals surface area contributed by atoms with Crippen molar-refractivity contribution in [1.29, 1.82) is 0 Å². The molecule has 0 atom stereocenters. The van der Waals surface area contributed by atoms with E-state index in [0.717, 1.165) is 54.5 Å². The van der Waals surface area contributed by atoms with Crippen molar-refractivity contribution in [3.63, 3.8) is 0 Å². The molecule has 1 N–H and O–H groups in total. The summed E-state index contributed by atoms with van der Waals surface area (Å²) in [6, 6.07) is 18.4. The zero-order valence-corrected chi connectivity index (χ0v) is 17.3. The highest BCUT2D eigenvalue weighted by Crippen LogP contribution is 2.48. The second-order valence-corrected chi connectivity index (χ2v) is 8.73. The third-order valence-corrected chi connectivity index (χ3v) is 6.88. The highest BCUT2D eigenvalue weighted by molar-refractivity contribution is 5.73. The first-order valence-corrected chi connectivity index (χ1v) is 11.1. The van der Waals surface area contributed by atoms with Gasteiger partial charge in [0.2, 0.25) is 0 Å². The van der Waals surface area contributed by atoms with Crippen LogP contribution in [0.15, 0.2) is 59.4 Å². The van der Waals surface area contributed by atoms with E-state index in [1.165, 1.54) is 12.0 Å². The van der Waals surface area contributed by atoms with Gasteiger partial charge in [-0.25, -0.2) is 4.98 Å². The van der Waals surface area contributed by atoms with Crippen LogP contribution in [-0.2, 0) is 18.4 Å². The Hall–Kier alpha value is -2.72. The summed E-state index contributed by atoms with van der Waals surface area (Å²) in [5.41, 5.74) is 5.13. The lowest BCUT2D eigenvalue weighted by atomic mass is 9.62. The quantitative estimate of drug-likeness (QED) is 0.690. The Morgan fingerprint density at radius 2 is 1.70 bits per heavy atom. The van der Waals surface area contributed by atoms with E-state index in [-0.39, 0.29) is 17.6 Å². The van der Waals surface area contributed by atoms with Crippen LogP contribution in [0.5, 0.6) is 0 Å². The van der Waals surface area contributed by atoms with Gasteiger partial charge in [0.25, 0.3) is 5.56 Å². The normalized spacial score (nSPS) is 16.8. The minimum Gasteiger partial charge on any atom is -0.396 e. The SMILES string of the molecule is O=c1c2c(nc(-c3ccccc3)n1CCCO)-c1ccccc1CC21CCCCC1. The van der Waals surface area contributed by atoms with Gasteiger partial charge >= 0.3 is 0 Å². The summed E-state index contributed by atoms with van der Waals surface area (Å²) in [7, 11) is 0. The molecular weight excluding hydrogens is 372 g/mol. The van der Waals surface area contributed by atoms with E-state index in [2.05, 4.69) is 18.2 Å². The summed E-state index contributed by atoms with van der Waals surface area (Å²) in [6.45, 7) is 0.545. The highest BCUT2D eigenvalue weighted by Gasteiger charge is 2.43. The van der Waals surface area contributed by atoms with Crippen molar-refractivity contribution in [2.45, 2.75) is 56.9 Å². The molecular formula is C26H28N2O2. The Bertz CT molecular complexity index is 1110. The maximum atomic E-state index is 14.0. The topological polar surface area (TPSA) is 55.1 Å². The van der Waals surface area contributed by atoms with Crippen LogP contribution in [0.3, 0.4) is 0 Å². The van der Waals surface area contributed by atoms with Gasteiger partial charge in [-0.1, -0.05) is 73.9 Å². The molecule has 1 spiro atoms. The van der Waals surface area contributed by atoms with Crippen LogP contribution in [0, 0.1) is 0 Å². The summed E-state index contributed by atoms with van der Waals surface area (Å²) in [6.07, 6.45) is 7.15. The third kappa shape index (κ3) is 3.10. The second-order valence-electron chi connectivity index (χ2n) is 8.73. The van der Waals surface area contributed by atoms with Gasteiger partial charge in [0.1, 0.15) is 5.82 Å². The largest absolute Gasteiger partial charge is 0.396 e. The van der Waals surface area contributed by atoms with Crippen molar-refractivity contribution in [3.05, 3.63) is 76.1 Å². The molecule has 0 unspecified atom stereocenters. The first kappa shape index (κ1) is 19.3. The molecule has 0 aliphatic heterocycles. The van der Waals surface area contributed by atoms with Gasteiger partial charge < -0.3 is 5.11 Å². The third-order valence-electron chi connectivity index (χ3n) is 6.88. The molecule has 3 aromatic rings. The molecule has 154 valence electrons. The van der Waals surface area contributed by atoms with Gasteiger partial charge in [-0.2, -0.15) is 0 Å². The predicted octanol–water partition coefficient (Wildman–Crippen LogP) is 4.72. The lowest BCUT2D eigenvalue weighted by Gasteiger charge is -2.42. The molecule has 0 saturated heterocycles. The molecule has 1 fully saturated rings. The molecule has 0 amide bonds. The van der Waals surface area contributed by atoms with Crippen molar-refractivity contribution >= 4 is 0 Å². The van der Waals surface area contributed by atoms with Crippen molar-refractivity contribution in [2.75, 3.05) is 6.61 Å². The summed E-state index contributed by atoms with van der Waals surface area (Å²) in [5.74, 6) is 0.704. The molecule has 2 aliphatic carbocycles. The van der Waals surface area contributed by atoms with E-state index in [9.17, 15) is 9.90 Å². The van der Waals surface area contributed by atoms with Crippen molar-refractivity contribution in [2.24, 2.45) is 0 Å². The van der Waals surface area contributed by atoms with Gasteiger partial charge in [0.05, 0.1) is 11.3 Å². The van der Waals surface area contributed by atoms with Crippen LogP contribution in [0.1, 0.15) is 49.7 Å². The van der Waals surface area contributed by atoms with Gasteiger partial charge in [-0.05, 0) is 31.2 Å². The lowest BCUT2D eigenvalue weighted by molar-refractivity contribution is 0.273. The van der Waals surface area contributed by atoms with E-state index in [1.54, 1.807) is 0 Å². The fraction of sp³-hybridized carbons (Fsp3) is 0.385. The zero-order valence-electron chi connectivity index (χ0n) is 17.3. The molecule has 0 bridgehead atoms. The molecule has 5 rings (SSSR count). The van der Waals surface area contributed by atoms with Crippen LogP contribution in [0.25, 0.3) is 22.6 Å². The van der Waals surface area contributed by atoms with E-state index in [4.69, 9.17) is 4.98 Å². The van der Waals surface area contributed by atoms with E-state index < -0.39 is 0 Å². The van der Waals surface area contributed by atoms with Crippen molar-refractivity contribution in [1.82, 2.24) is 9.55 Å². The summed E-state index contributed by atoms with van der Waals surface area (Å²) < 4.78 is 1.81. The maximum Gasteiger partial charge on any atom is 0.258 e. The standard InChI is InChI=1S/C26H28N2O2/c29-17-9-16-28-24(19-10-3-1-4-11-19)27-23-21-13-6-5-12-20(21)18-26(22(23)25(28)30)14-7-2-8-15-26/h1,3-6,10-13,29H,2,7-9,14-18H2. The lowest BCUT2D eigenvalue weighted by Crippen LogP contribution is -2.43. The Morgan fingerprint density at radius 3 is 2.47 bits per heavy atom. The molecule has 0 radical (unpaired) electrons. The molecule has 1 heterocycles. The van der Waals surface area contributed by atoms with Gasteiger partial charge in [-0.15, -0.1) is 0 Å². The molecule has 1 saturated carbocycles. The Morgan fingerprint density at radius 1 is 0.967 bits per heavy atom. The number of aliphatic hydroxyl groups is 1. The Balaban J connectivity index is 1.82. The number of hydrogen-bond donors (Lipinski definition) is 1. The van der Waals surface area contributed by atoms with Crippen LogP contribution >= 0.6 is 0 Å². The van der Waals surface area contributed by atoms with E-state index in [0.29, 0.717) is 18.8 Å². The molecule has 2 aromatic carbocycles. The zero-order chi connectivity index (χ0) is 20.6. The van der Waals surface area contributed by atoms with Crippen LogP contribution in [0.4, 0.5) is 0 Å². The Kier molecular flexibility index (Phi) is 5.03. The monoisotopic (exact) mass is 400 g/mol. The fourth-order valence-corrected chi connectivity index (χ4v) is 5.49. The molecule has 1 aromatic heterocycles. The van der Waals surface area contributed by atoms with Crippen LogP contribution in [0.2, 0.25) is 0 Å². The molecule has 4 nitrogen and oxygen atoms in total. The number of benzene rings is 2. The highest BCUT2D eigenvalue weighted by atomic mass is 16.3. The van der Waals surface area contributed by atoms with Gasteiger partial charge in [0.15, 0.2) is 0 Å². The summed E-state index contributed by atoms with van der Waals surface area (Å²) in [4.78, 5) is 19.2. The van der Waals surface area contributed by atoms with Crippen LogP contribution < -0.4 is 5.56 Å². The van der Waals surface area contributed by atoms with Crippen LogP contribution in [-0.4, -0.2) is 21.3 Å². The number of aliphatic hydroxyl groups excluding tert-OH is 1. The molecule has 2 aliphatic rings. The van der Waals surface area contributed by atoms with Crippen molar-refractivity contribution < 1.29 is 5.11 Å². The van der Waals surface area contributed by atoms with E-state index >= 15 is 0 Å². The van der Waals surface area contributed by atoms with Gasteiger partial charge in [-0.3, -0.25) is 9.36 Å². The smallest absolute Gasteiger partial charge is 0.258 e. The number of aromatic nitrogens is 2. The van der Waals surface area contributed by atoms with E-state index in [1.807, 2.05) is 41.0 Å². The second kappa shape index (κ2) is 7.84. The fourth-order valence-electron chi connectivity index (χ4n) is 5.49. The van der Waals surface area contributed by atoms with Crippen molar-refractivity contribution in [3.8, 4) is 22.6 Å². The summed E-state index contributed by atoms with van der Waals surface area (Å²) in [5, 5.41) is 9.45. The van der Waals surface area contributed by atoms with Gasteiger partial charge in [0, 0.05) is 29.7 Å². The average molecular weight is 401 g/mol. The first-order valence-electron chi connectivity index (χ1n) is 11.1. The number of rotatable bonds is 4. The molecule has 30 heavy (non-hydrogen) atoms.